The zero-order valence-electron chi connectivity index (χ0n) is 25.4. The van der Waals surface area contributed by atoms with Crippen LogP contribution in [0.1, 0.15) is 85.0 Å². The number of benzene rings is 1. The van der Waals surface area contributed by atoms with Crippen LogP contribution in [0.4, 0.5) is 5.69 Å². The van der Waals surface area contributed by atoms with Crippen LogP contribution in [-0.2, 0) is 4.79 Å². The molecule has 0 radical (unpaired) electrons. The number of hydrogen-bond acceptors (Lipinski definition) is 6. The van der Waals surface area contributed by atoms with Crippen LogP contribution >= 0.6 is 0 Å². The molecular formula is C33H51NO6. The molecule has 10 atom stereocenters. The molecule has 7 heteroatoms. The molecule has 1 amide bonds. The summed E-state index contributed by atoms with van der Waals surface area (Å²) in [6, 6.07) is 3.52. The molecule has 0 aliphatic heterocycles. The molecule has 40 heavy (non-hydrogen) atoms. The Balaban J connectivity index is 1.23. The molecule has 5 rings (SSSR count). The van der Waals surface area contributed by atoms with Crippen molar-refractivity contribution in [1.82, 2.24) is 0 Å². The smallest absolute Gasteiger partial charge is 0.224 e. The third kappa shape index (κ3) is 4.99. The van der Waals surface area contributed by atoms with Crippen molar-refractivity contribution in [3.05, 3.63) is 12.1 Å². The number of carbonyl (C=O) groups is 1. The van der Waals surface area contributed by atoms with Gasteiger partial charge in [0.1, 0.15) is 0 Å². The average molecular weight is 558 g/mol. The first-order valence-corrected chi connectivity index (χ1v) is 15.5. The lowest BCUT2D eigenvalue weighted by Crippen LogP contribution is -2.58. The van der Waals surface area contributed by atoms with E-state index in [1.165, 1.54) is 25.7 Å². The van der Waals surface area contributed by atoms with Crippen LogP contribution in [0.2, 0.25) is 0 Å². The summed E-state index contributed by atoms with van der Waals surface area (Å²) in [6.07, 6.45) is 9.34. The normalized spacial score (nSPS) is 39.4. The van der Waals surface area contributed by atoms with E-state index in [1.807, 2.05) is 0 Å². The van der Waals surface area contributed by atoms with E-state index in [2.05, 4.69) is 26.1 Å². The predicted molar refractivity (Wildman–Crippen MR) is 156 cm³/mol. The number of anilines is 1. The Hall–Kier alpha value is -1.99. The van der Waals surface area contributed by atoms with Gasteiger partial charge in [-0.3, -0.25) is 4.79 Å². The molecule has 0 bridgehead atoms. The Bertz CT molecular complexity index is 1050. The second-order valence-corrected chi connectivity index (χ2v) is 13.9. The van der Waals surface area contributed by atoms with Crippen LogP contribution in [0.25, 0.3) is 0 Å². The maximum Gasteiger partial charge on any atom is 0.224 e. The highest BCUT2D eigenvalue weighted by Gasteiger charge is 2.62. The van der Waals surface area contributed by atoms with E-state index in [9.17, 15) is 15.0 Å². The number of ether oxygens (including phenoxy) is 3. The topological polar surface area (TPSA) is 97.3 Å². The minimum atomic E-state index is -0.253. The lowest BCUT2D eigenvalue weighted by Gasteiger charge is -2.62. The fourth-order valence-corrected chi connectivity index (χ4v) is 10.1. The van der Waals surface area contributed by atoms with Crippen LogP contribution in [0.3, 0.4) is 0 Å². The number of amides is 1. The molecule has 0 heterocycles. The molecule has 7 nitrogen and oxygen atoms in total. The van der Waals surface area contributed by atoms with Crippen molar-refractivity contribution >= 4 is 11.6 Å². The Morgan fingerprint density at radius 1 is 0.950 bits per heavy atom. The van der Waals surface area contributed by atoms with E-state index < -0.39 is 0 Å². The van der Waals surface area contributed by atoms with Crippen LogP contribution in [-0.4, -0.2) is 49.7 Å². The summed E-state index contributed by atoms with van der Waals surface area (Å²) in [4.78, 5) is 13.0. The number of methoxy groups -OCH3 is 3. The van der Waals surface area contributed by atoms with Gasteiger partial charge < -0.3 is 29.7 Å². The van der Waals surface area contributed by atoms with Gasteiger partial charge in [-0.1, -0.05) is 20.8 Å². The highest BCUT2D eigenvalue weighted by atomic mass is 16.5. The number of aliphatic hydroxyl groups excluding tert-OH is 2. The summed E-state index contributed by atoms with van der Waals surface area (Å²) in [5, 5.41) is 24.9. The van der Waals surface area contributed by atoms with E-state index in [0.29, 0.717) is 64.9 Å². The average Bonchev–Trinajstić information content (AvgIpc) is 3.29. The molecule has 0 unspecified atom stereocenters. The van der Waals surface area contributed by atoms with Crippen molar-refractivity contribution in [2.75, 3.05) is 26.6 Å². The maximum absolute atomic E-state index is 13.0. The van der Waals surface area contributed by atoms with Gasteiger partial charge in [0, 0.05) is 24.2 Å². The molecule has 3 N–H and O–H groups in total. The zero-order chi connectivity index (χ0) is 28.8. The molecule has 4 aliphatic carbocycles. The molecule has 1 aromatic rings. The maximum atomic E-state index is 13.0. The zero-order valence-corrected chi connectivity index (χ0v) is 25.4. The molecule has 4 fully saturated rings. The molecule has 0 spiro atoms. The van der Waals surface area contributed by atoms with Gasteiger partial charge in [-0.05, 0) is 104 Å². The first kappa shape index (κ1) is 29.5. The SMILES string of the molecule is COc1cc(NC(=O)CC[C@@H](C)[C@@H]2CC[C@@H]3[C@H]4[C@@H](CC[C@@]32C)[C@@]2(C)CC[C@@H](O)C[C@@H]2C[C@@H]4O)cc(OC)c1OC. The predicted octanol–water partition coefficient (Wildman–Crippen LogP) is 6.06. The quantitative estimate of drug-likeness (QED) is 0.360. The van der Waals surface area contributed by atoms with Crippen molar-refractivity contribution < 1.29 is 29.2 Å². The highest BCUT2D eigenvalue weighted by Crippen LogP contribution is 2.68. The molecule has 1 aromatic carbocycles. The molecule has 4 saturated carbocycles. The number of hydrogen-bond donors (Lipinski definition) is 3. The fourth-order valence-electron chi connectivity index (χ4n) is 10.1. The summed E-state index contributed by atoms with van der Waals surface area (Å²) in [7, 11) is 4.70. The van der Waals surface area contributed by atoms with Crippen molar-refractivity contribution in [3.63, 3.8) is 0 Å². The van der Waals surface area contributed by atoms with Gasteiger partial charge in [0.25, 0.3) is 0 Å². The van der Waals surface area contributed by atoms with Crippen LogP contribution in [0, 0.1) is 46.3 Å². The van der Waals surface area contributed by atoms with Gasteiger partial charge in [0.2, 0.25) is 11.7 Å². The standard InChI is InChI=1S/C33H51NO6/c1-19(7-10-29(37)34-21-17-27(38-4)31(40-6)28(18-21)39-5)23-8-9-24-30-25(12-14-33(23,24)3)32(2)13-11-22(35)15-20(32)16-26(30)36/h17-20,22-26,30,35-36H,7-16H2,1-6H3,(H,34,37)/t19-,20-,22-,23+,24-,25-,26+,30+,32+,33-/m1/s1. The first-order chi connectivity index (χ1) is 19.0. The molecule has 0 saturated heterocycles. The Kier molecular flexibility index (Phi) is 8.37. The lowest BCUT2D eigenvalue weighted by atomic mass is 9.43. The number of aliphatic hydroxyl groups is 2. The lowest BCUT2D eigenvalue weighted by molar-refractivity contribution is -0.174. The molecule has 4 aliphatic rings. The van der Waals surface area contributed by atoms with Gasteiger partial charge in [-0.15, -0.1) is 0 Å². The van der Waals surface area contributed by atoms with Crippen LogP contribution < -0.4 is 19.5 Å². The minimum Gasteiger partial charge on any atom is -0.493 e. The van der Waals surface area contributed by atoms with Gasteiger partial charge >= 0.3 is 0 Å². The van der Waals surface area contributed by atoms with Crippen LogP contribution in [0.5, 0.6) is 17.2 Å². The summed E-state index contributed by atoms with van der Waals surface area (Å²) in [6.45, 7) is 7.29. The number of fused-ring (bicyclic) bond motifs is 5. The highest BCUT2D eigenvalue weighted by molar-refractivity contribution is 5.91. The summed E-state index contributed by atoms with van der Waals surface area (Å²) in [5.74, 6) is 4.45. The molecule has 0 aromatic heterocycles. The van der Waals surface area contributed by atoms with E-state index >= 15 is 0 Å². The van der Waals surface area contributed by atoms with Crippen LogP contribution in [0.15, 0.2) is 12.1 Å². The van der Waals surface area contributed by atoms with E-state index in [-0.39, 0.29) is 28.9 Å². The van der Waals surface area contributed by atoms with Crippen molar-refractivity contribution in [3.8, 4) is 17.2 Å². The summed E-state index contributed by atoms with van der Waals surface area (Å²) >= 11 is 0. The second-order valence-electron chi connectivity index (χ2n) is 13.9. The van der Waals surface area contributed by atoms with Crippen molar-refractivity contribution in [2.45, 2.75) is 97.2 Å². The first-order valence-electron chi connectivity index (χ1n) is 15.5. The van der Waals surface area contributed by atoms with E-state index in [0.717, 1.165) is 32.1 Å². The van der Waals surface area contributed by atoms with Crippen molar-refractivity contribution in [1.29, 1.82) is 0 Å². The molecule has 224 valence electrons. The largest absolute Gasteiger partial charge is 0.493 e. The second kappa shape index (κ2) is 11.4. The monoisotopic (exact) mass is 557 g/mol. The van der Waals surface area contributed by atoms with Gasteiger partial charge in [0.05, 0.1) is 33.5 Å². The van der Waals surface area contributed by atoms with Gasteiger partial charge in [-0.25, -0.2) is 0 Å². The fraction of sp³-hybridized carbons (Fsp3) is 0.788. The Labute approximate surface area is 240 Å². The summed E-state index contributed by atoms with van der Waals surface area (Å²) in [5.41, 5.74) is 1.09. The summed E-state index contributed by atoms with van der Waals surface area (Å²) < 4.78 is 16.3. The van der Waals surface area contributed by atoms with Crippen molar-refractivity contribution in [2.24, 2.45) is 46.3 Å². The van der Waals surface area contributed by atoms with E-state index in [1.54, 1.807) is 33.5 Å². The number of carbonyl (C=O) groups excluding carboxylic acids is 1. The molecular weight excluding hydrogens is 506 g/mol. The third-order valence-corrected chi connectivity index (χ3v) is 12.2. The number of rotatable bonds is 8. The minimum absolute atomic E-state index is 0.00862. The van der Waals surface area contributed by atoms with Gasteiger partial charge in [-0.2, -0.15) is 0 Å². The van der Waals surface area contributed by atoms with Gasteiger partial charge in [0.15, 0.2) is 11.5 Å². The Morgan fingerprint density at radius 2 is 1.60 bits per heavy atom. The van der Waals surface area contributed by atoms with E-state index in [4.69, 9.17) is 14.2 Å². The Morgan fingerprint density at radius 3 is 2.25 bits per heavy atom. The third-order valence-electron chi connectivity index (χ3n) is 12.2. The number of nitrogens with one attached hydrogen (secondary N) is 1.